The van der Waals surface area contributed by atoms with Crippen molar-refractivity contribution >= 4 is 23.2 Å². The molecule has 1 aliphatic heterocycles. The molecular weight excluding hydrogens is 292 g/mol. The summed E-state index contributed by atoms with van der Waals surface area (Å²) in [5, 5.41) is 3.55. The van der Waals surface area contributed by atoms with Crippen molar-refractivity contribution in [2.75, 3.05) is 51.8 Å². The van der Waals surface area contributed by atoms with Gasteiger partial charge in [0.1, 0.15) is 5.75 Å². The molecule has 0 amide bonds. The molecule has 3 N–H and O–H groups in total. The lowest BCUT2D eigenvalue weighted by Crippen LogP contribution is -2.38. The van der Waals surface area contributed by atoms with Gasteiger partial charge in [-0.3, -0.25) is 9.89 Å². The monoisotopic (exact) mass is 312 g/mol. The molecule has 1 aromatic rings. The Kier molecular flexibility index (Phi) is 6.10. The third-order valence-electron chi connectivity index (χ3n) is 3.23. The number of rotatable bonds is 5. The molecule has 2 rings (SSSR count). The number of aliphatic imine (C=N–C) groups is 1. The lowest BCUT2D eigenvalue weighted by molar-refractivity contribution is 0.0394. The highest BCUT2D eigenvalue weighted by Crippen LogP contribution is 2.26. The first kappa shape index (κ1) is 15.9. The first-order valence-electron chi connectivity index (χ1n) is 6.89. The van der Waals surface area contributed by atoms with E-state index in [1.165, 1.54) is 0 Å². The average molecular weight is 313 g/mol. The standard InChI is InChI=1S/C14H21ClN4O2/c1-20-13-3-2-11(10-12(13)15)18-14(16)17-4-5-19-6-8-21-9-7-19/h2-3,10H,4-9H2,1H3,(H3,16,17,18). The SMILES string of the molecule is COc1ccc(NC(N)=NCCN2CCOCC2)cc1Cl. The number of nitrogens with two attached hydrogens (primary N) is 1. The zero-order chi connectivity index (χ0) is 15.1. The molecule has 1 heterocycles. The Morgan fingerprint density at radius 2 is 2.24 bits per heavy atom. The highest BCUT2D eigenvalue weighted by Gasteiger charge is 2.09. The van der Waals surface area contributed by atoms with Crippen LogP contribution < -0.4 is 15.8 Å². The zero-order valence-electron chi connectivity index (χ0n) is 12.1. The minimum absolute atomic E-state index is 0.379. The predicted molar refractivity (Wildman–Crippen MR) is 85.4 cm³/mol. The number of nitrogens with one attached hydrogen (secondary N) is 1. The van der Waals surface area contributed by atoms with Crippen molar-refractivity contribution in [3.63, 3.8) is 0 Å². The van der Waals surface area contributed by atoms with Crippen molar-refractivity contribution in [1.29, 1.82) is 0 Å². The molecule has 1 aromatic carbocycles. The number of nitrogens with zero attached hydrogens (tertiary/aromatic N) is 2. The molecule has 0 radical (unpaired) electrons. The summed E-state index contributed by atoms with van der Waals surface area (Å²) < 4.78 is 10.4. The molecule has 0 bridgehead atoms. The lowest BCUT2D eigenvalue weighted by atomic mass is 10.3. The second-order valence-electron chi connectivity index (χ2n) is 4.70. The van der Waals surface area contributed by atoms with Crippen molar-refractivity contribution < 1.29 is 9.47 Å². The molecule has 1 saturated heterocycles. The summed E-state index contributed by atoms with van der Waals surface area (Å²) in [7, 11) is 1.58. The Morgan fingerprint density at radius 1 is 1.48 bits per heavy atom. The minimum Gasteiger partial charge on any atom is -0.495 e. The summed E-state index contributed by atoms with van der Waals surface area (Å²) in [6, 6.07) is 5.38. The van der Waals surface area contributed by atoms with Gasteiger partial charge in [-0.1, -0.05) is 11.6 Å². The van der Waals surface area contributed by atoms with Crippen LogP contribution in [0.2, 0.25) is 5.02 Å². The van der Waals surface area contributed by atoms with Gasteiger partial charge in [-0.15, -0.1) is 0 Å². The first-order chi connectivity index (χ1) is 10.2. The van der Waals surface area contributed by atoms with E-state index in [1.54, 1.807) is 19.2 Å². The van der Waals surface area contributed by atoms with Gasteiger partial charge in [0.05, 0.1) is 31.9 Å². The highest BCUT2D eigenvalue weighted by atomic mass is 35.5. The summed E-state index contributed by atoms with van der Waals surface area (Å²) in [5.74, 6) is 1.01. The number of hydrogen-bond acceptors (Lipinski definition) is 4. The Labute approximate surface area is 129 Å². The average Bonchev–Trinajstić information content (AvgIpc) is 2.48. The van der Waals surface area contributed by atoms with E-state index in [4.69, 9.17) is 26.8 Å². The molecule has 0 atom stereocenters. The van der Waals surface area contributed by atoms with E-state index in [2.05, 4.69) is 15.2 Å². The van der Waals surface area contributed by atoms with Gasteiger partial charge in [-0.05, 0) is 18.2 Å². The fourth-order valence-corrected chi connectivity index (χ4v) is 2.33. The lowest BCUT2D eigenvalue weighted by Gasteiger charge is -2.25. The molecule has 1 fully saturated rings. The summed E-state index contributed by atoms with van der Waals surface area (Å²) in [5.41, 5.74) is 6.65. The van der Waals surface area contributed by atoms with Crippen molar-refractivity contribution in [3.8, 4) is 5.75 Å². The van der Waals surface area contributed by atoms with E-state index >= 15 is 0 Å². The van der Waals surface area contributed by atoms with Crippen LogP contribution in [0.1, 0.15) is 0 Å². The minimum atomic E-state index is 0.379. The van der Waals surface area contributed by atoms with Crippen LogP contribution in [-0.2, 0) is 4.74 Å². The summed E-state index contributed by atoms with van der Waals surface area (Å²) in [4.78, 5) is 6.62. The van der Waals surface area contributed by atoms with E-state index in [0.29, 0.717) is 23.3 Å². The number of methoxy groups -OCH3 is 1. The van der Waals surface area contributed by atoms with Crippen molar-refractivity contribution in [2.45, 2.75) is 0 Å². The van der Waals surface area contributed by atoms with Crippen LogP contribution >= 0.6 is 11.6 Å². The molecule has 0 aromatic heterocycles. The maximum absolute atomic E-state index is 6.05. The number of morpholine rings is 1. The maximum atomic E-state index is 6.05. The molecule has 0 spiro atoms. The smallest absolute Gasteiger partial charge is 0.193 e. The van der Waals surface area contributed by atoms with Crippen LogP contribution in [0.15, 0.2) is 23.2 Å². The number of hydrogen-bond donors (Lipinski definition) is 2. The van der Waals surface area contributed by atoms with Crippen LogP contribution in [-0.4, -0.2) is 57.4 Å². The van der Waals surface area contributed by atoms with Gasteiger partial charge in [0.2, 0.25) is 0 Å². The molecule has 0 unspecified atom stereocenters. The summed E-state index contributed by atoms with van der Waals surface area (Å²) in [6.07, 6.45) is 0. The fourth-order valence-electron chi connectivity index (χ4n) is 2.07. The molecule has 1 aliphatic rings. The van der Waals surface area contributed by atoms with Gasteiger partial charge >= 0.3 is 0 Å². The van der Waals surface area contributed by atoms with Gasteiger partial charge in [0.15, 0.2) is 5.96 Å². The fraction of sp³-hybridized carbons (Fsp3) is 0.500. The molecule has 21 heavy (non-hydrogen) atoms. The quantitative estimate of drug-likeness (QED) is 0.635. The Balaban J connectivity index is 1.81. The Bertz CT molecular complexity index is 490. The third-order valence-corrected chi connectivity index (χ3v) is 3.52. The zero-order valence-corrected chi connectivity index (χ0v) is 12.9. The van der Waals surface area contributed by atoms with E-state index in [9.17, 15) is 0 Å². The molecule has 116 valence electrons. The van der Waals surface area contributed by atoms with Crippen LogP contribution in [0.5, 0.6) is 5.75 Å². The van der Waals surface area contributed by atoms with E-state index in [1.807, 2.05) is 6.07 Å². The highest BCUT2D eigenvalue weighted by molar-refractivity contribution is 6.32. The number of ether oxygens (including phenoxy) is 2. The van der Waals surface area contributed by atoms with Gasteiger partial charge in [0, 0.05) is 25.3 Å². The van der Waals surface area contributed by atoms with Crippen LogP contribution in [0.25, 0.3) is 0 Å². The van der Waals surface area contributed by atoms with Gasteiger partial charge in [-0.25, -0.2) is 0 Å². The van der Waals surface area contributed by atoms with Gasteiger partial charge in [-0.2, -0.15) is 0 Å². The van der Waals surface area contributed by atoms with Crippen molar-refractivity contribution in [1.82, 2.24) is 4.90 Å². The maximum Gasteiger partial charge on any atom is 0.193 e. The molecule has 6 nitrogen and oxygen atoms in total. The largest absolute Gasteiger partial charge is 0.495 e. The number of benzene rings is 1. The number of guanidine groups is 1. The number of anilines is 1. The molecular formula is C14H21ClN4O2. The second-order valence-corrected chi connectivity index (χ2v) is 5.10. The first-order valence-corrected chi connectivity index (χ1v) is 7.27. The summed E-state index contributed by atoms with van der Waals surface area (Å²) in [6.45, 7) is 5.04. The summed E-state index contributed by atoms with van der Waals surface area (Å²) >= 11 is 6.05. The molecule has 7 heteroatoms. The molecule has 0 aliphatic carbocycles. The Morgan fingerprint density at radius 3 is 2.90 bits per heavy atom. The predicted octanol–water partition coefficient (Wildman–Crippen LogP) is 1.41. The number of halogens is 1. The van der Waals surface area contributed by atoms with Gasteiger partial charge < -0.3 is 20.5 Å². The van der Waals surface area contributed by atoms with Crippen molar-refractivity contribution in [2.24, 2.45) is 10.7 Å². The third kappa shape index (κ3) is 5.08. The van der Waals surface area contributed by atoms with E-state index < -0.39 is 0 Å². The van der Waals surface area contributed by atoms with Crippen LogP contribution in [0.4, 0.5) is 5.69 Å². The van der Waals surface area contributed by atoms with Crippen LogP contribution in [0.3, 0.4) is 0 Å². The second kappa shape index (κ2) is 8.07. The van der Waals surface area contributed by atoms with Gasteiger partial charge in [0.25, 0.3) is 0 Å². The van der Waals surface area contributed by atoms with E-state index in [0.717, 1.165) is 38.5 Å². The van der Waals surface area contributed by atoms with Crippen LogP contribution in [0, 0.1) is 0 Å². The van der Waals surface area contributed by atoms with E-state index in [-0.39, 0.29) is 0 Å². The normalized spacial score (nSPS) is 16.8. The molecule has 0 saturated carbocycles. The Hall–Kier alpha value is -1.50. The van der Waals surface area contributed by atoms with Crippen molar-refractivity contribution in [3.05, 3.63) is 23.2 Å². The topological polar surface area (TPSA) is 72.1 Å².